The molecule has 0 aliphatic rings. The third kappa shape index (κ3) is 13.8. The van der Waals surface area contributed by atoms with Crippen LogP contribution in [-0.2, 0) is 51.7 Å². The molecule has 4 N–H and O–H groups in total. The number of amides is 4. The largest absolute Gasteiger partial charge is 0.354 e. The lowest BCUT2D eigenvalue weighted by Crippen LogP contribution is -2.53. The molecule has 0 aromatic heterocycles. The Bertz CT molecular complexity index is 2300. The van der Waals surface area contributed by atoms with Gasteiger partial charge in [-0.3, -0.25) is 19.2 Å². The number of carbonyl (C=O) groups excluding carboxylic acids is 4. The standard InChI is InChI=1S/C50H70N4O8S2/c1-33(2)43(53-45(55)39(31-63(59,60)49(5,6)7)29-37-23-17-21-35-19-11-13-25-41(35)37)47(57)51-27-15-16-28-52-48(58)44(34(3)4)54-46(56)40(32-64(61,62)50(8,9)10)30-38-24-18-22-36-20-12-14-26-42(36)38/h11-14,17-26,33-34,39-40,43-44H,15-16,27-32H2,1-10H3,(H,51,57)(H,52,58)(H,53,55)(H,54,56)/t39-,40-,43+,44+/m1/s1. The van der Waals surface area contributed by atoms with Crippen LogP contribution >= 0.6 is 0 Å². The number of hydrogen-bond acceptors (Lipinski definition) is 8. The van der Waals surface area contributed by atoms with Gasteiger partial charge in [-0.25, -0.2) is 16.8 Å². The van der Waals surface area contributed by atoms with Gasteiger partial charge in [0.25, 0.3) is 0 Å². The molecule has 4 atom stereocenters. The van der Waals surface area contributed by atoms with Crippen LogP contribution in [-0.4, -0.2) is 86.6 Å². The van der Waals surface area contributed by atoms with E-state index in [0.29, 0.717) is 12.8 Å². The van der Waals surface area contributed by atoms with Crippen LogP contribution in [0, 0.1) is 23.7 Å². The lowest BCUT2D eigenvalue weighted by molar-refractivity contribution is -0.131. The van der Waals surface area contributed by atoms with Crippen molar-refractivity contribution in [1.29, 1.82) is 0 Å². The van der Waals surface area contributed by atoms with Gasteiger partial charge in [0, 0.05) is 13.1 Å². The molecule has 0 bridgehead atoms. The van der Waals surface area contributed by atoms with Crippen LogP contribution < -0.4 is 21.3 Å². The van der Waals surface area contributed by atoms with Crippen molar-refractivity contribution in [2.24, 2.45) is 23.7 Å². The van der Waals surface area contributed by atoms with Gasteiger partial charge in [-0.05, 0) is 112 Å². The minimum Gasteiger partial charge on any atom is -0.354 e. The highest BCUT2D eigenvalue weighted by Crippen LogP contribution is 2.27. The van der Waals surface area contributed by atoms with Crippen molar-refractivity contribution in [2.75, 3.05) is 24.6 Å². The Morgan fingerprint density at radius 3 is 1.14 bits per heavy atom. The highest BCUT2D eigenvalue weighted by atomic mass is 32.2. The van der Waals surface area contributed by atoms with E-state index in [9.17, 15) is 36.0 Å². The zero-order chi connectivity index (χ0) is 47.6. The van der Waals surface area contributed by atoms with Crippen LogP contribution in [0.1, 0.15) is 93.2 Å². The number of sulfone groups is 2. The molecule has 4 amide bonds. The highest BCUT2D eigenvalue weighted by Gasteiger charge is 2.38. The molecule has 4 aromatic carbocycles. The summed E-state index contributed by atoms with van der Waals surface area (Å²) in [5, 5.41) is 15.3. The van der Waals surface area contributed by atoms with Gasteiger partial charge in [-0.15, -0.1) is 0 Å². The first-order valence-electron chi connectivity index (χ1n) is 22.4. The van der Waals surface area contributed by atoms with Gasteiger partial charge in [0.2, 0.25) is 23.6 Å². The number of unbranched alkanes of at least 4 members (excludes halogenated alkanes) is 1. The molecule has 0 fully saturated rings. The SMILES string of the molecule is CC(C)[C@H](NC(=O)[C@H](Cc1cccc2ccccc12)CS(=O)(=O)C(C)(C)C)C(=O)NCCCCNC(=O)[C@@H](NC(=O)[C@H](Cc1cccc2ccccc12)CS(=O)(=O)C(C)(C)C)C(C)C. The fraction of sp³-hybridized carbons (Fsp3) is 0.520. The van der Waals surface area contributed by atoms with Gasteiger partial charge in [0.15, 0.2) is 19.7 Å². The normalized spacial score (nSPS) is 14.5. The van der Waals surface area contributed by atoms with Crippen molar-refractivity contribution in [3.63, 3.8) is 0 Å². The smallest absolute Gasteiger partial charge is 0.242 e. The first kappa shape index (κ1) is 51.8. The van der Waals surface area contributed by atoms with Gasteiger partial charge in [0.1, 0.15) is 12.1 Å². The fourth-order valence-corrected chi connectivity index (χ4v) is 10.1. The molecule has 0 aliphatic carbocycles. The number of nitrogens with one attached hydrogen (secondary N) is 4. The molecule has 0 heterocycles. The molecule has 0 saturated carbocycles. The molecule has 0 saturated heterocycles. The van der Waals surface area contributed by atoms with Crippen molar-refractivity contribution < 1.29 is 36.0 Å². The summed E-state index contributed by atoms with van der Waals surface area (Å²) in [4.78, 5) is 55.0. The summed E-state index contributed by atoms with van der Waals surface area (Å²) in [5.41, 5.74) is 1.68. The number of hydrogen-bond donors (Lipinski definition) is 4. The second kappa shape index (κ2) is 21.9. The molecule has 64 heavy (non-hydrogen) atoms. The van der Waals surface area contributed by atoms with Crippen molar-refractivity contribution in [3.05, 3.63) is 96.1 Å². The first-order chi connectivity index (χ1) is 29.8. The maximum atomic E-state index is 14.0. The van der Waals surface area contributed by atoms with Crippen LogP contribution in [0.3, 0.4) is 0 Å². The third-order valence-corrected chi connectivity index (χ3v) is 17.3. The maximum Gasteiger partial charge on any atom is 0.242 e. The summed E-state index contributed by atoms with van der Waals surface area (Å²) in [7, 11) is -7.41. The van der Waals surface area contributed by atoms with E-state index < -0.39 is 76.7 Å². The summed E-state index contributed by atoms with van der Waals surface area (Å²) in [6.07, 6.45) is 1.34. The Balaban J connectivity index is 1.35. The van der Waals surface area contributed by atoms with Crippen LogP contribution in [0.15, 0.2) is 84.9 Å². The van der Waals surface area contributed by atoms with E-state index in [2.05, 4.69) is 21.3 Å². The Hall–Kier alpha value is -4.82. The summed E-state index contributed by atoms with van der Waals surface area (Å²) < 4.78 is 51.6. The molecule has 4 aromatic rings. The summed E-state index contributed by atoms with van der Waals surface area (Å²) in [6, 6.07) is 25.1. The third-order valence-electron chi connectivity index (χ3n) is 11.8. The van der Waals surface area contributed by atoms with E-state index in [0.717, 1.165) is 32.7 Å². The van der Waals surface area contributed by atoms with Crippen LogP contribution in [0.2, 0.25) is 0 Å². The average Bonchev–Trinajstić information content (AvgIpc) is 3.21. The second-order valence-corrected chi connectivity index (χ2v) is 25.2. The average molecular weight is 919 g/mol. The van der Waals surface area contributed by atoms with E-state index in [4.69, 9.17) is 0 Å². The van der Waals surface area contributed by atoms with Gasteiger partial charge in [-0.1, -0.05) is 113 Å². The van der Waals surface area contributed by atoms with Crippen molar-refractivity contribution >= 4 is 64.8 Å². The van der Waals surface area contributed by atoms with E-state index >= 15 is 0 Å². The molecular formula is C50H70N4O8S2. The van der Waals surface area contributed by atoms with Crippen molar-refractivity contribution in [1.82, 2.24) is 21.3 Å². The summed E-state index contributed by atoms with van der Waals surface area (Å²) in [6.45, 7) is 17.4. The lowest BCUT2D eigenvalue weighted by Gasteiger charge is -2.27. The van der Waals surface area contributed by atoms with Crippen LogP contribution in [0.25, 0.3) is 21.5 Å². The minimum absolute atomic E-state index is 0.173. The number of fused-ring (bicyclic) bond motifs is 2. The highest BCUT2D eigenvalue weighted by molar-refractivity contribution is 7.93. The molecule has 14 heteroatoms. The second-order valence-electron chi connectivity index (χ2n) is 19.6. The predicted octanol–water partition coefficient (Wildman–Crippen LogP) is 6.73. The van der Waals surface area contributed by atoms with Crippen LogP contribution in [0.5, 0.6) is 0 Å². The van der Waals surface area contributed by atoms with Crippen LogP contribution in [0.4, 0.5) is 0 Å². The molecule has 0 radical (unpaired) electrons. The Morgan fingerprint density at radius 2 is 0.812 bits per heavy atom. The molecule has 0 unspecified atom stereocenters. The van der Waals surface area contributed by atoms with E-state index in [1.54, 1.807) is 41.5 Å². The monoisotopic (exact) mass is 918 g/mol. The van der Waals surface area contributed by atoms with E-state index in [1.807, 2.05) is 113 Å². The molecule has 350 valence electrons. The quantitative estimate of drug-likeness (QED) is 0.0664. The van der Waals surface area contributed by atoms with E-state index in [1.165, 1.54) is 0 Å². The number of rotatable bonds is 21. The molecule has 0 aliphatic heterocycles. The van der Waals surface area contributed by atoms with Gasteiger partial charge in [-0.2, -0.15) is 0 Å². The Morgan fingerprint density at radius 1 is 0.484 bits per heavy atom. The first-order valence-corrected chi connectivity index (χ1v) is 25.7. The zero-order valence-corrected chi connectivity index (χ0v) is 40.9. The minimum atomic E-state index is -3.71. The van der Waals surface area contributed by atoms with Gasteiger partial charge in [0.05, 0.1) is 32.8 Å². The summed E-state index contributed by atoms with van der Waals surface area (Å²) >= 11 is 0. The molecule has 4 rings (SSSR count). The fourth-order valence-electron chi connectivity index (χ4n) is 7.46. The number of benzene rings is 4. The lowest BCUT2D eigenvalue weighted by atomic mass is 9.94. The van der Waals surface area contributed by atoms with Crippen molar-refractivity contribution in [3.8, 4) is 0 Å². The van der Waals surface area contributed by atoms with Gasteiger partial charge < -0.3 is 21.3 Å². The topological polar surface area (TPSA) is 185 Å². The maximum absolute atomic E-state index is 14.0. The zero-order valence-electron chi connectivity index (χ0n) is 39.3. The predicted molar refractivity (Wildman–Crippen MR) is 258 cm³/mol. The van der Waals surface area contributed by atoms with E-state index in [-0.39, 0.29) is 49.3 Å². The Kier molecular flexibility index (Phi) is 17.7. The van der Waals surface area contributed by atoms with Crippen molar-refractivity contribution in [2.45, 2.75) is 116 Å². The summed E-state index contributed by atoms with van der Waals surface area (Å²) in [5.74, 6) is -5.08. The Labute approximate surface area is 381 Å². The number of carbonyl (C=O) groups is 4. The molecule has 0 spiro atoms. The molecule has 12 nitrogen and oxygen atoms in total. The van der Waals surface area contributed by atoms with Gasteiger partial charge >= 0.3 is 0 Å². The molecular weight excluding hydrogens is 849 g/mol.